The van der Waals surface area contributed by atoms with Crippen LogP contribution in [0.1, 0.15) is 16.7 Å². The highest BCUT2D eigenvalue weighted by atomic mass is 16.5. The second-order valence-corrected chi connectivity index (χ2v) is 8.54. The molecule has 1 aliphatic heterocycles. The number of ether oxygens (including phenoxy) is 1. The standard InChI is InChI=1S/C31H20O2/c1-2-9-22(10-3-1)31(19-18-26-24-11-5-4-8-21(24)14-16-30(26)33-31)23-15-17-29-27(20-23)25-12-6-7-13-28(25)32-29/h1-20H. The van der Waals surface area contributed by atoms with Gasteiger partial charge in [0, 0.05) is 27.5 Å². The summed E-state index contributed by atoms with van der Waals surface area (Å²) in [6.07, 6.45) is 4.41. The number of hydrogen-bond donors (Lipinski definition) is 0. The van der Waals surface area contributed by atoms with Gasteiger partial charge in [0.25, 0.3) is 0 Å². The van der Waals surface area contributed by atoms with Gasteiger partial charge in [0.1, 0.15) is 16.9 Å². The molecule has 0 saturated heterocycles. The highest BCUT2D eigenvalue weighted by molar-refractivity contribution is 6.05. The molecule has 2 nitrogen and oxygen atoms in total. The van der Waals surface area contributed by atoms with Crippen LogP contribution in [0.4, 0.5) is 0 Å². The minimum absolute atomic E-state index is 0.733. The normalized spacial score (nSPS) is 17.3. The maximum atomic E-state index is 6.92. The first kappa shape index (κ1) is 18.3. The molecule has 7 rings (SSSR count). The van der Waals surface area contributed by atoms with Crippen molar-refractivity contribution >= 4 is 38.8 Å². The smallest absolute Gasteiger partial charge is 0.178 e. The average molecular weight is 424 g/mol. The number of para-hydroxylation sites is 1. The molecule has 0 radical (unpaired) electrons. The van der Waals surface area contributed by atoms with E-state index in [1.165, 1.54) is 10.8 Å². The van der Waals surface area contributed by atoms with Crippen LogP contribution in [-0.2, 0) is 5.60 Å². The highest BCUT2D eigenvalue weighted by Gasteiger charge is 2.37. The Balaban J connectivity index is 1.49. The molecule has 1 aromatic heterocycles. The number of benzene rings is 5. The molecule has 1 aliphatic rings. The van der Waals surface area contributed by atoms with Crippen molar-refractivity contribution in [3.8, 4) is 5.75 Å². The van der Waals surface area contributed by atoms with E-state index in [0.29, 0.717) is 0 Å². The van der Waals surface area contributed by atoms with Crippen LogP contribution in [0.25, 0.3) is 38.8 Å². The van der Waals surface area contributed by atoms with Crippen LogP contribution in [0.3, 0.4) is 0 Å². The van der Waals surface area contributed by atoms with Crippen LogP contribution < -0.4 is 4.74 Å². The number of furan rings is 1. The number of rotatable bonds is 2. The first-order valence-corrected chi connectivity index (χ1v) is 11.2. The van der Waals surface area contributed by atoms with Gasteiger partial charge < -0.3 is 9.15 Å². The average Bonchev–Trinajstić information content (AvgIpc) is 3.27. The Bertz CT molecular complexity index is 1690. The van der Waals surface area contributed by atoms with Gasteiger partial charge in [-0.3, -0.25) is 0 Å². The summed E-state index contributed by atoms with van der Waals surface area (Å²) in [5.74, 6) is 0.886. The molecule has 33 heavy (non-hydrogen) atoms. The Hall–Kier alpha value is -4.30. The van der Waals surface area contributed by atoms with Crippen molar-refractivity contribution < 1.29 is 9.15 Å². The minimum atomic E-state index is -0.733. The topological polar surface area (TPSA) is 22.4 Å². The molecular weight excluding hydrogens is 404 g/mol. The van der Waals surface area contributed by atoms with E-state index >= 15 is 0 Å². The molecule has 2 heteroatoms. The second kappa shape index (κ2) is 6.85. The lowest BCUT2D eigenvalue weighted by Crippen LogP contribution is -2.34. The van der Waals surface area contributed by atoms with Gasteiger partial charge in [0.05, 0.1) is 0 Å². The van der Waals surface area contributed by atoms with Crippen LogP contribution in [0.2, 0.25) is 0 Å². The zero-order valence-corrected chi connectivity index (χ0v) is 17.9. The third kappa shape index (κ3) is 2.68. The molecular formula is C31H20O2. The molecule has 0 spiro atoms. The summed E-state index contributed by atoms with van der Waals surface area (Å²) < 4.78 is 13.0. The minimum Gasteiger partial charge on any atom is -0.473 e. The molecule has 5 aromatic carbocycles. The lowest BCUT2D eigenvalue weighted by molar-refractivity contribution is 0.161. The van der Waals surface area contributed by atoms with E-state index in [1.54, 1.807) is 0 Å². The SMILES string of the molecule is C1=CC(c2ccccc2)(c2ccc3oc4ccccc4c3c2)Oc2ccc3ccccc3c21. The predicted octanol–water partition coefficient (Wildman–Crippen LogP) is 8.09. The third-order valence-electron chi connectivity index (χ3n) is 6.69. The fourth-order valence-corrected chi connectivity index (χ4v) is 5.06. The quantitative estimate of drug-likeness (QED) is 0.280. The van der Waals surface area contributed by atoms with Gasteiger partial charge in [0.2, 0.25) is 0 Å². The van der Waals surface area contributed by atoms with E-state index in [-0.39, 0.29) is 0 Å². The largest absolute Gasteiger partial charge is 0.473 e. The fourth-order valence-electron chi connectivity index (χ4n) is 5.06. The maximum Gasteiger partial charge on any atom is 0.178 e. The Morgan fingerprint density at radius 1 is 0.545 bits per heavy atom. The Labute approximate surface area is 191 Å². The maximum absolute atomic E-state index is 6.92. The Kier molecular flexibility index (Phi) is 3.80. The summed E-state index contributed by atoms with van der Waals surface area (Å²) in [7, 11) is 0. The number of fused-ring (bicyclic) bond motifs is 6. The molecule has 0 fully saturated rings. The van der Waals surface area contributed by atoms with Gasteiger partial charge in [-0.2, -0.15) is 0 Å². The van der Waals surface area contributed by atoms with Gasteiger partial charge in [-0.25, -0.2) is 0 Å². The summed E-state index contributed by atoms with van der Waals surface area (Å²) >= 11 is 0. The van der Waals surface area contributed by atoms with Gasteiger partial charge in [-0.15, -0.1) is 0 Å². The van der Waals surface area contributed by atoms with Crippen LogP contribution in [0, 0.1) is 0 Å². The molecule has 0 saturated carbocycles. The van der Waals surface area contributed by atoms with Crippen molar-refractivity contribution in [2.45, 2.75) is 5.60 Å². The summed E-state index contributed by atoms with van der Waals surface area (Å²) in [6.45, 7) is 0. The second-order valence-electron chi connectivity index (χ2n) is 8.54. The van der Waals surface area contributed by atoms with Crippen LogP contribution in [0.5, 0.6) is 5.75 Å². The summed E-state index contributed by atoms with van der Waals surface area (Å²) in [5.41, 5.74) is 4.33. The monoisotopic (exact) mass is 424 g/mol. The van der Waals surface area contributed by atoms with Crippen LogP contribution in [-0.4, -0.2) is 0 Å². The van der Waals surface area contributed by atoms with Crippen molar-refractivity contribution in [2.24, 2.45) is 0 Å². The molecule has 0 amide bonds. The first-order valence-electron chi connectivity index (χ1n) is 11.2. The number of hydrogen-bond acceptors (Lipinski definition) is 2. The third-order valence-corrected chi connectivity index (χ3v) is 6.69. The summed E-state index contributed by atoms with van der Waals surface area (Å²) in [4.78, 5) is 0. The molecule has 1 atom stereocenters. The van der Waals surface area contributed by atoms with Crippen molar-refractivity contribution in [1.82, 2.24) is 0 Å². The molecule has 1 unspecified atom stereocenters. The van der Waals surface area contributed by atoms with Gasteiger partial charge in [-0.05, 0) is 47.2 Å². The van der Waals surface area contributed by atoms with E-state index in [0.717, 1.165) is 44.4 Å². The molecule has 0 aliphatic carbocycles. The molecule has 6 aromatic rings. The lowest BCUT2D eigenvalue weighted by Gasteiger charge is -2.36. The Morgan fingerprint density at radius 3 is 2.21 bits per heavy atom. The zero-order chi connectivity index (χ0) is 21.8. The summed E-state index contributed by atoms with van der Waals surface area (Å²) in [5, 5.41) is 4.62. The van der Waals surface area contributed by atoms with Crippen molar-refractivity contribution in [1.29, 1.82) is 0 Å². The lowest BCUT2D eigenvalue weighted by atomic mass is 9.82. The molecule has 0 bridgehead atoms. The van der Waals surface area contributed by atoms with E-state index in [1.807, 2.05) is 18.2 Å². The Morgan fingerprint density at radius 2 is 1.30 bits per heavy atom. The van der Waals surface area contributed by atoms with Crippen LogP contribution in [0.15, 0.2) is 120 Å². The predicted molar refractivity (Wildman–Crippen MR) is 135 cm³/mol. The van der Waals surface area contributed by atoms with Gasteiger partial charge in [0.15, 0.2) is 5.60 Å². The highest BCUT2D eigenvalue weighted by Crippen LogP contribution is 2.45. The summed E-state index contributed by atoms with van der Waals surface area (Å²) in [6, 6.07) is 37.7. The zero-order valence-electron chi connectivity index (χ0n) is 17.9. The van der Waals surface area contributed by atoms with Crippen molar-refractivity contribution in [3.05, 3.63) is 132 Å². The van der Waals surface area contributed by atoms with E-state index in [9.17, 15) is 0 Å². The van der Waals surface area contributed by atoms with Crippen molar-refractivity contribution in [3.63, 3.8) is 0 Å². The van der Waals surface area contributed by atoms with E-state index in [4.69, 9.17) is 9.15 Å². The first-order chi connectivity index (χ1) is 16.3. The fraction of sp³-hybridized carbons (Fsp3) is 0.0323. The van der Waals surface area contributed by atoms with Gasteiger partial charge >= 0.3 is 0 Å². The van der Waals surface area contributed by atoms with E-state index in [2.05, 4.69) is 103 Å². The molecule has 2 heterocycles. The van der Waals surface area contributed by atoms with Gasteiger partial charge in [-0.1, -0.05) is 84.9 Å². The van der Waals surface area contributed by atoms with E-state index < -0.39 is 5.60 Å². The van der Waals surface area contributed by atoms with Crippen molar-refractivity contribution in [2.75, 3.05) is 0 Å². The molecule has 156 valence electrons. The van der Waals surface area contributed by atoms with Crippen LogP contribution >= 0.6 is 0 Å². The molecule has 0 N–H and O–H groups in total.